The van der Waals surface area contributed by atoms with Gasteiger partial charge in [0, 0.05) is 12.5 Å². The van der Waals surface area contributed by atoms with Crippen molar-refractivity contribution in [3.63, 3.8) is 0 Å². The Bertz CT molecular complexity index is 1190. The van der Waals surface area contributed by atoms with Crippen LogP contribution in [0.25, 0.3) is 11.0 Å². The molecule has 4 aromatic rings. The summed E-state index contributed by atoms with van der Waals surface area (Å²) in [4.78, 5) is 8.69. The first-order valence-corrected chi connectivity index (χ1v) is 12.8. The molecule has 0 bridgehead atoms. The van der Waals surface area contributed by atoms with Crippen LogP contribution in [0.5, 0.6) is 5.88 Å². The van der Waals surface area contributed by atoms with Crippen LogP contribution < -0.4 is 4.74 Å². The molecule has 0 saturated carbocycles. The van der Waals surface area contributed by atoms with Gasteiger partial charge in [-0.25, -0.2) is 4.98 Å². The van der Waals surface area contributed by atoms with Crippen LogP contribution in [0, 0.1) is 0 Å². The minimum atomic E-state index is -1.34. The molecule has 0 aliphatic heterocycles. The summed E-state index contributed by atoms with van der Waals surface area (Å²) in [6.45, 7) is 1.92. The van der Waals surface area contributed by atoms with E-state index in [9.17, 15) is 4.21 Å². The largest absolute Gasteiger partial charge is 0.480 e. The molecule has 1 unspecified atom stereocenters. The molecule has 0 radical (unpaired) electrons. The SMILES string of the molecule is COc1nc(S(C)=O)nc2c1ccn2COC(COCc1ccccc1)COCc1ccccc1. The number of ether oxygens (including phenoxy) is 4. The lowest BCUT2D eigenvalue weighted by atomic mass is 10.2. The van der Waals surface area contributed by atoms with Crippen molar-refractivity contribution >= 4 is 21.8 Å². The molecular formula is C26H29N3O5S. The predicted molar refractivity (Wildman–Crippen MR) is 133 cm³/mol. The van der Waals surface area contributed by atoms with Crippen molar-refractivity contribution in [2.45, 2.75) is 31.2 Å². The summed E-state index contributed by atoms with van der Waals surface area (Å²) in [5, 5.41) is 0.936. The zero-order chi connectivity index (χ0) is 24.5. The number of hydrogen-bond donors (Lipinski definition) is 0. The van der Waals surface area contributed by atoms with Gasteiger partial charge in [0.2, 0.25) is 11.0 Å². The van der Waals surface area contributed by atoms with E-state index >= 15 is 0 Å². The van der Waals surface area contributed by atoms with Gasteiger partial charge in [-0.3, -0.25) is 4.21 Å². The highest BCUT2D eigenvalue weighted by molar-refractivity contribution is 7.84. The Balaban J connectivity index is 1.42. The molecule has 2 aromatic heterocycles. The van der Waals surface area contributed by atoms with Crippen LogP contribution in [0.15, 0.2) is 78.1 Å². The predicted octanol–water partition coefficient (Wildman–Crippen LogP) is 3.95. The van der Waals surface area contributed by atoms with E-state index in [1.165, 1.54) is 13.4 Å². The molecule has 0 fully saturated rings. The van der Waals surface area contributed by atoms with E-state index in [-0.39, 0.29) is 18.0 Å². The second-order valence-electron chi connectivity index (χ2n) is 7.91. The molecule has 0 N–H and O–H groups in total. The van der Waals surface area contributed by atoms with Crippen LogP contribution >= 0.6 is 0 Å². The van der Waals surface area contributed by atoms with Gasteiger partial charge in [-0.05, 0) is 17.2 Å². The van der Waals surface area contributed by atoms with Crippen LogP contribution in [0.1, 0.15) is 11.1 Å². The van der Waals surface area contributed by atoms with E-state index < -0.39 is 10.8 Å². The van der Waals surface area contributed by atoms with E-state index in [2.05, 4.69) is 9.97 Å². The maximum Gasteiger partial charge on any atom is 0.226 e. The lowest BCUT2D eigenvalue weighted by molar-refractivity contribution is -0.0866. The van der Waals surface area contributed by atoms with Gasteiger partial charge in [-0.1, -0.05) is 60.7 Å². The molecule has 8 nitrogen and oxygen atoms in total. The molecule has 0 aliphatic rings. The van der Waals surface area contributed by atoms with E-state index in [1.807, 2.05) is 77.5 Å². The maximum absolute atomic E-state index is 12.0. The fourth-order valence-electron chi connectivity index (χ4n) is 3.50. The van der Waals surface area contributed by atoms with Crippen molar-refractivity contribution in [1.82, 2.24) is 14.5 Å². The van der Waals surface area contributed by atoms with E-state index in [0.29, 0.717) is 38.0 Å². The summed E-state index contributed by atoms with van der Waals surface area (Å²) in [6.07, 6.45) is 3.08. The zero-order valence-corrected chi connectivity index (χ0v) is 20.6. The second-order valence-corrected chi connectivity index (χ2v) is 9.19. The van der Waals surface area contributed by atoms with E-state index in [4.69, 9.17) is 18.9 Å². The van der Waals surface area contributed by atoms with Gasteiger partial charge >= 0.3 is 0 Å². The van der Waals surface area contributed by atoms with Crippen molar-refractivity contribution in [3.05, 3.63) is 84.1 Å². The summed E-state index contributed by atoms with van der Waals surface area (Å²) < 4.78 is 37.2. The van der Waals surface area contributed by atoms with Gasteiger partial charge in [0.1, 0.15) is 18.5 Å². The zero-order valence-electron chi connectivity index (χ0n) is 19.8. The third-order valence-electron chi connectivity index (χ3n) is 5.29. The molecule has 4 rings (SSSR count). The standard InChI is InChI=1S/C26H29N3O5S/c1-31-25-23-13-14-29(24(23)27-26(28-25)35(2)30)19-34-22(17-32-15-20-9-5-3-6-10-20)18-33-16-21-11-7-4-8-12-21/h3-14,22H,15-19H2,1-2H3. The van der Waals surface area contributed by atoms with E-state index in [0.717, 1.165) is 16.5 Å². The van der Waals surface area contributed by atoms with Gasteiger partial charge in [-0.15, -0.1) is 0 Å². The van der Waals surface area contributed by atoms with Gasteiger partial charge in [0.15, 0.2) is 0 Å². The Morgan fingerprint density at radius 1 is 0.886 bits per heavy atom. The quantitative estimate of drug-likeness (QED) is 0.260. The maximum atomic E-state index is 12.0. The number of benzene rings is 2. The van der Waals surface area contributed by atoms with Crippen LogP contribution in [0.2, 0.25) is 0 Å². The Morgan fingerprint density at radius 2 is 1.49 bits per heavy atom. The van der Waals surface area contributed by atoms with Gasteiger partial charge in [0.05, 0.1) is 49.7 Å². The topological polar surface area (TPSA) is 84.7 Å². The number of hydrogen-bond acceptors (Lipinski definition) is 7. The third kappa shape index (κ3) is 6.95. The fraction of sp³-hybridized carbons (Fsp3) is 0.308. The van der Waals surface area contributed by atoms with Crippen molar-refractivity contribution in [1.29, 1.82) is 0 Å². The first-order valence-electron chi connectivity index (χ1n) is 11.2. The van der Waals surface area contributed by atoms with Crippen molar-refractivity contribution in [2.24, 2.45) is 0 Å². The number of rotatable bonds is 13. The highest BCUT2D eigenvalue weighted by Gasteiger charge is 2.16. The highest BCUT2D eigenvalue weighted by atomic mass is 32.2. The number of fused-ring (bicyclic) bond motifs is 1. The number of nitrogens with zero attached hydrogens (tertiary/aromatic N) is 3. The molecule has 0 amide bonds. The Kier molecular flexibility index (Phi) is 8.96. The highest BCUT2D eigenvalue weighted by Crippen LogP contribution is 2.24. The Labute approximate surface area is 207 Å². The number of aromatic nitrogens is 3. The molecule has 0 saturated heterocycles. The van der Waals surface area contributed by atoms with Crippen LogP contribution in [0.4, 0.5) is 0 Å². The molecule has 2 aromatic carbocycles. The molecule has 0 spiro atoms. The van der Waals surface area contributed by atoms with Crippen LogP contribution in [0.3, 0.4) is 0 Å². The third-order valence-corrected chi connectivity index (χ3v) is 5.99. The van der Waals surface area contributed by atoms with Gasteiger partial charge < -0.3 is 23.5 Å². The minimum Gasteiger partial charge on any atom is -0.480 e. The average Bonchev–Trinajstić information content (AvgIpc) is 3.30. The van der Waals surface area contributed by atoms with Crippen LogP contribution in [-0.4, -0.2) is 51.4 Å². The summed E-state index contributed by atoms with van der Waals surface area (Å²) in [7, 11) is 0.186. The molecule has 0 aliphatic carbocycles. The lowest BCUT2D eigenvalue weighted by Crippen LogP contribution is -2.27. The van der Waals surface area contributed by atoms with Crippen molar-refractivity contribution in [2.75, 3.05) is 26.6 Å². The first kappa shape index (κ1) is 25.0. The van der Waals surface area contributed by atoms with Crippen molar-refractivity contribution < 1.29 is 23.2 Å². The minimum absolute atomic E-state index is 0.211. The molecule has 1 atom stereocenters. The smallest absolute Gasteiger partial charge is 0.226 e. The normalized spacial score (nSPS) is 12.3. The Morgan fingerprint density at radius 3 is 2.03 bits per heavy atom. The summed E-state index contributed by atoms with van der Waals surface area (Å²) in [6, 6.07) is 21.9. The molecule has 35 heavy (non-hydrogen) atoms. The molecule has 9 heteroatoms. The summed E-state index contributed by atoms with van der Waals surface area (Å²) in [5.41, 5.74) is 2.78. The van der Waals surface area contributed by atoms with Gasteiger partial charge in [0.25, 0.3) is 0 Å². The summed E-state index contributed by atoms with van der Waals surface area (Å²) >= 11 is 0. The average molecular weight is 496 g/mol. The number of methoxy groups -OCH3 is 1. The fourth-order valence-corrected chi connectivity index (χ4v) is 3.93. The monoisotopic (exact) mass is 495 g/mol. The molecule has 184 valence electrons. The Hall–Kier alpha value is -3.11. The lowest BCUT2D eigenvalue weighted by Gasteiger charge is -2.19. The van der Waals surface area contributed by atoms with Crippen molar-refractivity contribution in [3.8, 4) is 5.88 Å². The molecule has 2 heterocycles. The second kappa shape index (κ2) is 12.6. The van der Waals surface area contributed by atoms with E-state index in [1.54, 1.807) is 0 Å². The summed E-state index contributed by atoms with van der Waals surface area (Å²) in [5.74, 6) is 0.382. The molecular weight excluding hydrogens is 466 g/mol. The first-order chi connectivity index (χ1) is 17.1. The van der Waals surface area contributed by atoms with Crippen LogP contribution in [-0.2, 0) is 45.0 Å². The van der Waals surface area contributed by atoms with Gasteiger partial charge in [-0.2, -0.15) is 4.98 Å².